The van der Waals surface area contributed by atoms with Gasteiger partial charge in [-0.25, -0.2) is 8.42 Å². The number of rotatable bonds is 12. The lowest BCUT2D eigenvalue weighted by Gasteiger charge is -2.22. The molecule has 0 bridgehead atoms. The van der Waals surface area contributed by atoms with Crippen LogP contribution in [0.2, 0.25) is 0 Å². The molecular formula is C35H42O7S. The van der Waals surface area contributed by atoms with E-state index in [4.69, 9.17) is 18.9 Å². The lowest BCUT2D eigenvalue weighted by atomic mass is 9.94. The Morgan fingerprint density at radius 2 is 1.60 bits per heavy atom. The molecule has 2 aliphatic rings. The van der Waals surface area contributed by atoms with Crippen molar-refractivity contribution in [2.24, 2.45) is 0 Å². The van der Waals surface area contributed by atoms with E-state index in [0.29, 0.717) is 39.3 Å². The monoisotopic (exact) mass is 606 g/mol. The maximum absolute atomic E-state index is 11.9. The Bertz CT molecular complexity index is 1480. The first-order chi connectivity index (χ1) is 20.8. The summed E-state index contributed by atoms with van der Waals surface area (Å²) in [5, 5.41) is 0. The number of hydrogen-bond acceptors (Lipinski definition) is 7. The van der Waals surface area contributed by atoms with Gasteiger partial charge in [0.05, 0.1) is 44.4 Å². The molecular weight excluding hydrogens is 564 g/mol. The number of hydrogen-bond donors (Lipinski definition) is 0. The molecule has 8 heteroatoms. The molecule has 0 N–H and O–H groups in total. The number of fused-ring (bicyclic) bond motifs is 3. The predicted octanol–water partition coefficient (Wildman–Crippen LogP) is 6.20. The van der Waals surface area contributed by atoms with Crippen molar-refractivity contribution in [1.29, 1.82) is 0 Å². The third-order valence-corrected chi connectivity index (χ3v) is 10.2. The van der Waals surface area contributed by atoms with Crippen LogP contribution in [0.25, 0.3) is 11.1 Å². The molecule has 1 aliphatic carbocycles. The first-order valence-corrected chi connectivity index (χ1v) is 17.1. The van der Waals surface area contributed by atoms with Crippen LogP contribution < -0.4 is 4.74 Å². The number of sulfone groups is 1. The van der Waals surface area contributed by atoms with E-state index in [1.807, 2.05) is 31.2 Å². The van der Waals surface area contributed by atoms with Crippen molar-refractivity contribution in [3.05, 3.63) is 88.5 Å². The summed E-state index contributed by atoms with van der Waals surface area (Å²) in [5.41, 5.74) is 8.46. The molecule has 3 aromatic rings. The second-order valence-corrected chi connectivity index (χ2v) is 13.8. The van der Waals surface area contributed by atoms with Gasteiger partial charge in [0.25, 0.3) is 0 Å². The Balaban J connectivity index is 1.23. The van der Waals surface area contributed by atoms with Crippen molar-refractivity contribution < 1.29 is 32.2 Å². The van der Waals surface area contributed by atoms with Crippen molar-refractivity contribution in [1.82, 2.24) is 0 Å². The topological polar surface area (TPSA) is 88.1 Å². The van der Waals surface area contributed by atoms with Gasteiger partial charge in [0.1, 0.15) is 12.4 Å². The number of aryl methyl sites for hydroxylation is 2. The molecule has 0 saturated carbocycles. The van der Waals surface area contributed by atoms with Crippen molar-refractivity contribution in [3.63, 3.8) is 0 Å². The smallest absolute Gasteiger partial charge is 0.306 e. The summed E-state index contributed by atoms with van der Waals surface area (Å²) in [4.78, 5) is 11.9. The molecule has 0 amide bonds. The third-order valence-electron chi connectivity index (χ3n) is 8.43. The summed E-state index contributed by atoms with van der Waals surface area (Å²) in [5.74, 6) is 0.902. The van der Waals surface area contributed by atoms with Crippen LogP contribution in [-0.4, -0.2) is 52.3 Å². The first kappa shape index (κ1) is 31.2. The second kappa shape index (κ2) is 14.5. The maximum atomic E-state index is 11.9. The highest BCUT2D eigenvalue weighted by atomic mass is 32.2. The highest BCUT2D eigenvalue weighted by Gasteiger charge is 2.24. The molecule has 0 spiro atoms. The normalized spacial score (nSPS) is 16.9. The molecule has 1 heterocycles. The fourth-order valence-electron chi connectivity index (χ4n) is 5.93. The number of esters is 1. The van der Waals surface area contributed by atoms with Crippen LogP contribution in [0, 0.1) is 0 Å². The van der Waals surface area contributed by atoms with Gasteiger partial charge in [0, 0.05) is 12.5 Å². The molecule has 1 atom stereocenters. The molecule has 1 fully saturated rings. The van der Waals surface area contributed by atoms with Crippen LogP contribution in [0.15, 0.2) is 60.7 Å². The zero-order valence-corrected chi connectivity index (χ0v) is 26.0. The number of carbonyl (C=O) groups is 1. The van der Waals surface area contributed by atoms with Gasteiger partial charge in [-0.05, 0) is 96.2 Å². The van der Waals surface area contributed by atoms with Crippen molar-refractivity contribution in [2.45, 2.75) is 70.7 Å². The van der Waals surface area contributed by atoms with E-state index in [2.05, 4.69) is 36.4 Å². The Kier molecular flexibility index (Phi) is 10.5. The highest BCUT2D eigenvalue weighted by Crippen LogP contribution is 2.34. The molecule has 0 aromatic heterocycles. The van der Waals surface area contributed by atoms with E-state index in [1.165, 1.54) is 29.4 Å². The quantitative estimate of drug-likeness (QED) is 0.227. The molecule has 43 heavy (non-hydrogen) atoms. The molecule has 230 valence electrons. The van der Waals surface area contributed by atoms with E-state index < -0.39 is 9.84 Å². The highest BCUT2D eigenvalue weighted by molar-refractivity contribution is 7.91. The van der Waals surface area contributed by atoms with Gasteiger partial charge in [-0.2, -0.15) is 0 Å². The lowest BCUT2D eigenvalue weighted by Crippen LogP contribution is -2.28. The van der Waals surface area contributed by atoms with Gasteiger partial charge in [0.15, 0.2) is 9.84 Å². The van der Waals surface area contributed by atoms with Crippen LogP contribution in [0.4, 0.5) is 0 Å². The van der Waals surface area contributed by atoms with E-state index in [0.717, 1.165) is 41.7 Å². The zero-order chi connectivity index (χ0) is 30.2. The van der Waals surface area contributed by atoms with Gasteiger partial charge in [0.2, 0.25) is 0 Å². The van der Waals surface area contributed by atoms with E-state index in [-0.39, 0.29) is 35.9 Å². The average Bonchev–Trinajstić information content (AvgIpc) is 3.20. The fourth-order valence-corrected chi connectivity index (χ4v) is 7.38. The maximum Gasteiger partial charge on any atom is 0.306 e. The van der Waals surface area contributed by atoms with Crippen LogP contribution in [0.5, 0.6) is 5.75 Å². The third kappa shape index (κ3) is 8.46. The summed E-state index contributed by atoms with van der Waals surface area (Å²) in [6.07, 6.45) is 4.58. The van der Waals surface area contributed by atoms with Gasteiger partial charge in [-0.3, -0.25) is 4.79 Å². The van der Waals surface area contributed by atoms with E-state index >= 15 is 0 Å². The second-order valence-electron chi connectivity index (χ2n) is 11.5. The van der Waals surface area contributed by atoms with Crippen LogP contribution in [0.3, 0.4) is 0 Å². The van der Waals surface area contributed by atoms with Crippen molar-refractivity contribution in [3.8, 4) is 16.9 Å². The number of ether oxygens (including phenoxy) is 4. The molecule has 3 aromatic carbocycles. The summed E-state index contributed by atoms with van der Waals surface area (Å²) in [7, 11) is -1.48. The molecule has 1 aliphatic heterocycles. The summed E-state index contributed by atoms with van der Waals surface area (Å²) < 4.78 is 46.2. The molecule has 0 radical (unpaired) electrons. The predicted molar refractivity (Wildman–Crippen MR) is 167 cm³/mol. The minimum Gasteiger partial charge on any atom is -0.489 e. The Morgan fingerprint density at radius 3 is 2.35 bits per heavy atom. The van der Waals surface area contributed by atoms with E-state index in [1.54, 1.807) is 0 Å². The van der Waals surface area contributed by atoms with Gasteiger partial charge in [-0.15, -0.1) is 0 Å². The average molecular weight is 607 g/mol. The summed E-state index contributed by atoms with van der Waals surface area (Å²) in [6, 6.07) is 21.1. The summed E-state index contributed by atoms with van der Waals surface area (Å²) >= 11 is 0. The van der Waals surface area contributed by atoms with E-state index in [9.17, 15) is 13.2 Å². The minimum absolute atomic E-state index is 0.0122. The molecule has 1 saturated heterocycles. The number of carbonyl (C=O) groups excluding carboxylic acids is 1. The van der Waals surface area contributed by atoms with Crippen LogP contribution >= 0.6 is 0 Å². The molecule has 7 nitrogen and oxygen atoms in total. The number of methoxy groups -OCH3 is 1. The molecule has 0 unspecified atom stereocenters. The minimum atomic E-state index is -2.89. The standard InChI is InChI=1S/C35H42O7S/c1-3-40-24-30(21-35(36)39-2)27-10-12-31(13-11-27)41-23-26-7-9-28-5-4-6-29-19-25(8-14-33(29)34(28)20-26)22-42-32-15-17-43(37,38)18-16-32/h7-14,19-20,30,32H,3-6,15-18,21-24H2,1-2H3/t30-/m1/s1. The zero-order valence-electron chi connectivity index (χ0n) is 25.2. The van der Waals surface area contributed by atoms with Gasteiger partial charge >= 0.3 is 5.97 Å². The Labute approximate surface area is 255 Å². The lowest BCUT2D eigenvalue weighted by molar-refractivity contribution is -0.141. The van der Waals surface area contributed by atoms with Crippen molar-refractivity contribution in [2.75, 3.05) is 31.8 Å². The van der Waals surface area contributed by atoms with Gasteiger partial charge < -0.3 is 18.9 Å². The van der Waals surface area contributed by atoms with Crippen LogP contribution in [0.1, 0.15) is 66.3 Å². The Morgan fingerprint density at radius 1 is 0.884 bits per heavy atom. The Hall–Kier alpha value is -3.20. The SMILES string of the molecule is CCOC[C@@H](CC(=O)OC)c1ccc(OCc2ccc3c(c2)-c2ccc(COC4CCS(=O)(=O)CC4)cc2CCC3)cc1. The van der Waals surface area contributed by atoms with Crippen molar-refractivity contribution >= 4 is 15.8 Å². The molecule has 5 rings (SSSR count). The first-order valence-electron chi connectivity index (χ1n) is 15.3. The van der Waals surface area contributed by atoms with Crippen LogP contribution in [-0.2, 0) is 54.9 Å². The summed E-state index contributed by atoms with van der Waals surface area (Å²) in [6.45, 7) is 3.96. The fraction of sp³-hybridized carbons (Fsp3) is 0.457. The van der Waals surface area contributed by atoms with Gasteiger partial charge in [-0.1, -0.05) is 42.5 Å². The largest absolute Gasteiger partial charge is 0.489 e. The number of benzene rings is 3.